The largest absolute Gasteiger partial charge is 0.379 e. The van der Waals surface area contributed by atoms with Gasteiger partial charge in [-0.1, -0.05) is 30.3 Å². The van der Waals surface area contributed by atoms with Crippen molar-refractivity contribution >= 4 is 9.84 Å². The summed E-state index contributed by atoms with van der Waals surface area (Å²) in [6.45, 7) is 0. The molecule has 1 aromatic heterocycles. The third-order valence-electron chi connectivity index (χ3n) is 2.88. The molecule has 1 heterocycles. The quantitative estimate of drug-likeness (QED) is 0.916. The van der Waals surface area contributed by atoms with Crippen molar-refractivity contribution in [2.24, 2.45) is 0 Å². The Hall–Kier alpha value is -1.72. The number of hydrogen-bond donors (Lipinski definition) is 1. The summed E-state index contributed by atoms with van der Waals surface area (Å²) in [7, 11) is -3.35. The van der Waals surface area contributed by atoms with Crippen molar-refractivity contribution in [2.45, 2.75) is 5.60 Å². The van der Waals surface area contributed by atoms with Gasteiger partial charge >= 0.3 is 0 Å². The number of rotatable bonds is 4. The third-order valence-corrected chi connectivity index (χ3v) is 3.82. The summed E-state index contributed by atoms with van der Waals surface area (Å²) in [5.74, 6) is -0.367. The molecule has 1 N–H and O–H groups in total. The van der Waals surface area contributed by atoms with Crippen molar-refractivity contribution in [1.82, 2.24) is 4.98 Å². The molecule has 5 heteroatoms. The van der Waals surface area contributed by atoms with Gasteiger partial charge in [0.2, 0.25) is 0 Å². The number of sulfone groups is 1. The maximum Gasteiger partial charge on any atom is 0.150 e. The van der Waals surface area contributed by atoms with Gasteiger partial charge in [0.25, 0.3) is 0 Å². The predicted molar refractivity (Wildman–Crippen MR) is 73.4 cm³/mol. The smallest absolute Gasteiger partial charge is 0.150 e. The molecular formula is C14H15NO3S. The van der Waals surface area contributed by atoms with E-state index in [0.717, 1.165) is 6.26 Å². The second-order valence-corrected chi connectivity index (χ2v) is 6.67. The summed E-state index contributed by atoms with van der Waals surface area (Å²) in [5, 5.41) is 10.9. The maximum absolute atomic E-state index is 11.6. The fourth-order valence-electron chi connectivity index (χ4n) is 2.05. The van der Waals surface area contributed by atoms with Crippen LogP contribution in [0.15, 0.2) is 54.9 Å². The van der Waals surface area contributed by atoms with Crippen molar-refractivity contribution in [2.75, 3.05) is 12.0 Å². The number of aliphatic hydroxyl groups is 1. The molecule has 100 valence electrons. The van der Waals surface area contributed by atoms with Crippen LogP contribution in [0.2, 0.25) is 0 Å². The van der Waals surface area contributed by atoms with Crippen LogP contribution in [0.3, 0.4) is 0 Å². The normalized spacial score (nSPS) is 14.8. The topological polar surface area (TPSA) is 67.3 Å². The van der Waals surface area contributed by atoms with Gasteiger partial charge in [-0.25, -0.2) is 8.42 Å². The Kier molecular flexibility index (Phi) is 3.68. The Morgan fingerprint density at radius 1 is 1.05 bits per heavy atom. The summed E-state index contributed by atoms with van der Waals surface area (Å²) in [6.07, 6.45) is 4.18. The summed E-state index contributed by atoms with van der Waals surface area (Å²) < 4.78 is 23.2. The van der Waals surface area contributed by atoms with Crippen LogP contribution in [0.4, 0.5) is 0 Å². The highest BCUT2D eigenvalue weighted by molar-refractivity contribution is 7.90. The van der Waals surface area contributed by atoms with Crippen LogP contribution < -0.4 is 0 Å². The minimum absolute atomic E-state index is 0.367. The predicted octanol–water partition coefficient (Wildman–Crippen LogP) is 1.36. The average molecular weight is 277 g/mol. The molecule has 0 aliphatic carbocycles. The minimum Gasteiger partial charge on any atom is -0.379 e. The molecule has 0 aliphatic heterocycles. The SMILES string of the molecule is CS(=O)(=O)CC(O)(c1ccccc1)c1ccncc1. The summed E-state index contributed by atoms with van der Waals surface area (Å²) in [4.78, 5) is 3.89. The van der Waals surface area contributed by atoms with Crippen LogP contribution in [-0.2, 0) is 15.4 Å². The minimum atomic E-state index is -3.35. The standard InChI is InChI=1S/C14H15NO3S/c1-19(17,18)11-14(16,12-5-3-2-4-6-12)13-7-9-15-10-8-13/h2-10,16H,11H2,1H3. The third kappa shape index (κ3) is 3.19. The second kappa shape index (κ2) is 5.11. The fraction of sp³-hybridized carbons (Fsp3) is 0.214. The first-order valence-corrected chi connectivity index (χ1v) is 7.84. The van der Waals surface area contributed by atoms with Crippen LogP contribution in [0.5, 0.6) is 0 Å². The van der Waals surface area contributed by atoms with Crippen LogP contribution in [0.1, 0.15) is 11.1 Å². The monoisotopic (exact) mass is 277 g/mol. The molecule has 0 aliphatic rings. The number of aromatic nitrogens is 1. The van der Waals surface area contributed by atoms with E-state index in [4.69, 9.17) is 0 Å². The lowest BCUT2D eigenvalue weighted by Gasteiger charge is -2.28. The van der Waals surface area contributed by atoms with E-state index in [1.807, 2.05) is 6.07 Å². The second-order valence-electron chi connectivity index (χ2n) is 4.53. The van der Waals surface area contributed by atoms with Gasteiger partial charge in [-0.2, -0.15) is 0 Å². The van der Waals surface area contributed by atoms with Crippen LogP contribution in [-0.4, -0.2) is 30.5 Å². The molecule has 0 amide bonds. The number of nitrogens with zero attached hydrogens (tertiary/aromatic N) is 1. The highest BCUT2D eigenvalue weighted by atomic mass is 32.2. The van der Waals surface area contributed by atoms with E-state index in [-0.39, 0.29) is 5.75 Å². The van der Waals surface area contributed by atoms with Crippen LogP contribution in [0.25, 0.3) is 0 Å². The molecule has 0 radical (unpaired) electrons. The molecule has 2 aromatic rings. The molecule has 1 unspecified atom stereocenters. The van der Waals surface area contributed by atoms with Gasteiger partial charge in [-0.15, -0.1) is 0 Å². The Labute approximate surface area is 112 Å². The Morgan fingerprint density at radius 2 is 1.58 bits per heavy atom. The molecule has 0 saturated carbocycles. The van der Waals surface area contributed by atoms with E-state index in [0.29, 0.717) is 11.1 Å². The molecular weight excluding hydrogens is 262 g/mol. The number of pyridine rings is 1. The van der Waals surface area contributed by atoms with Gasteiger partial charge in [0.05, 0.1) is 5.75 Å². The molecule has 2 rings (SSSR count). The molecule has 0 bridgehead atoms. The first-order chi connectivity index (χ1) is 8.92. The van der Waals surface area contributed by atoms with E-state index in [1.165, 1.54) is 12.4 Å². The number of hydrogen-bond acceptors (Lipinski definition) is 4. The lowest BCUT2D eigenvalue weighted by Crippen LogP contribution is -2.35. The van der Waals surface area contributed by atoms with E-state index >= 15 is 0 Å². The molecule has 1 atom stereocenters. The molecule has 0 saturated heterocycles. The Balaban J connectivity index is 2.57. The molecule has 0 spiro atoms. The van der Waals surface area contributed by atoms with E-state index in [1.54, 1.807) is 36.4 Å². The first-order valence-electron chi connectivity index (χ1n) is 5.78. The zero-order valence-corrected chi connectivity index (χ0v) is 11.3. The lowest BCUT2D eigenvalue weighted by atomic mass is 9.89. The van der Waals surface area contributed by atoms with Crippen molar-refractivity contribution in [3.05, 3.63) is 66.0 Å². The van der Waals surface area contributed by atoms with E-state index < -0.39 is 15.4 Å². The Bertz CT molecular complexity index is 599. The van der Waals surface area contributed by atoms with E-state index in [2.05, 4.69) is 4.98 Å². The highest BCUT2D eigenvalue weighted by Gasteiger charge is 2.35. The molecule has 1 aromatic carbocycles. The highest BCUT2D eigenvalue weighted by Crippen LogP contribution is 2.30. The maximum atomic E-state index is 11.6. The fourth-order valence-corrected chi connectivity index (χ4v) is 3.15. The Morgan fingerprint density at radius 3 is 2.11 bits per heavy atom. The van der Waals surface area contributed by atoms with Gasteiger partial charge in [-0.05, 0) is 23.3 Å². The van der Waals surface area contributed by atoms with Gasteiger partial charge in [-0.3, -0.25) is 4.98 Å². The zero-order valence-electron chi connectivity index (χ0n) is 10.5. The van der Waals surface area contributed by atoms with Crippen molar-refractivity contribution in [3.8, 4) is 0 Å². The van der Waals surface area contributed by atoms with Crippen LogP contribution >= 0.6 is 0 Å². The summed E-state index contributed by atoms with van der Waals surface area (Å²) in [6, 6.07) is 12.0. The van der Waals surface area contributed by atoms with Gasteiger partial charge in [0.1, 0.15) is 5.60 Å². The number of benzene rings is 1. The van der Waals surface area contributed by atoms with E-state index in [9.17, 15) is 13.5 Å². The summed E-state index contributed by atoms with van der Waals surface area (Å²) in [5.41, 5.74) is -0.497. The van der Waals surface area contributed by atoms with Gasteiger partial charge in [0.15, 0.2) is 9.84 Å². The van der Waals surface area contributed by atoms with Gasteiger partial charge < -0.3 is 5.11 Å². The molecule has 4 nitrogen and oxygen atoms in total. The molecule has 19 heavy (non-hydrogen) atoms. The van der Waals surface area contributed by atoms with Crippen LogP contribution in [0, 0.1) is 0 Å². The zero-order chi connectivity index (χ0) is 13.9. The van der Waals surface area contributed by atoms with Crippen molar-refractivity contribution in [3.63, 3.8) is 0 Å². The van der Waals surface area contributed by atoms with Crippen molar-refractivity contribution in [1.29, 1.82) is 0 Å². The first kappa shape index (κ1) is 13.7. The lowest BCUT2D eigenvalue weighted by molar-refractivity contribution is 0.105. The average Bonchev–Trinajstić information content (AvgIpc) is 2.39. The molecule has 0 fully saturated rings. The van der Waals surface area contributed by atoms with Crippen molar-refractivity contribution < 1.29 is 13.5 Å². The van der Waals surface area contributed by atoms with Gasteiger partial charge in [0, 0.05) is 18.6 Å². The summed E-state index contributed by atoms with van der Waals surface area (Å²) >= 11 is 0.